The molecule has 2 heterocycles. The molecule has 1 amide bonds. The Kier molecular flexibility index (Phi) is 6.43. The van der Waals surface area contributed by atoms with Crippen molar-refractivity contribution in [3.63, 3.8) is 0 Å². The van der Waals surface area contributed by atoms with Crippen molar-refractivity contribution in [2.24, 2.45) is 0 Å². The number of carbonyl (C=O) groups excluding carboxylic acids is 2. The number of para-hydroxylation sites is 1. The number of esters is 1. The molecule has 1 aliphatic carbocycles. The second-order valence-electron chi connectivity index (χ2n) is 7.26. The lowest BCUT2D eigenvalue weighted by Crippen LogP contribution is -2.24. The second-order valence-corrected chi connectivity index (χ2v) is 9.31. The Balaban J connectivity index is 1.55. The van der Waals surface area contributed by atoms with E-state index in [2.05, 4.69) is 10.3 Å². The highest BCUT2D eigenvalue weighted by Gasteiger charge is 2.28. The highest BCUT2D eigenvalue weighted by molar-refractivity contribution is 7.99. The normalized spacial score (nSPS) is 12.7. The lowest BCUT2D eigenvalue weighted by molar-refractivity contribution is -0.113. The van der Waals surface area contributed by atoms with E-state index in [9.17, 15) is 14.4 Å². The number of aryl methyl sites for hydroxylation is 1. The van der Waals surface area contributed by atoms with Crippen molar-refractivity contribution in [2.75, 3.05) is 18.2 Å². The van der Waals surface area contributed by atoms with Gasteiger partial charge in [-0.1, -0.05) is 30.8 Å². The quantitative estimate of drug-likeness (QED) is 0.329. The zero-order chi connectivity index (χ0) is 22.0. The molecule has 0 atom stereocenters. The highest BCUT2D eigenvalue weighted by atomic mass is 32.2. The molecule has 0 aliphatic heterocycles. The first-order valence-electron chi connectivity index (χ1n) is 10.2. The van der Waals surface area contributed by atoms with Crippen LogP contribution in [0.15, 0.2) is 34.2 Å². The maximum Gasteiger partial charge on any atom is 0.341 e. The lowest BCUT2D eigenvalue weighted by atomic mass is 10.1. The molecule has 1 aromatic carbocycles. The van der Waals surface area contributed by atoms with Gasteiger partial charge < -0.3 is 10.1 Å². The Hall–Kier alpha value is -2.65. The molecule has 0 saturated heterocycles. The number of fused-ring (bicyclic) bond motifs is 2. The molecule has 9 heteroatoms. The van der Waals surface area contributed by atoms with Crippen LogP contribution in [-0.2, 0) is 28.9 Å². The number of hydrogen-bond donors (Lipinski definition) is 1. The van der Waals surface area contributed by atoms with E-state index in [0.29, 0.717) is 33.2 Å². The molecule has 0 saturated carbocycles. The highest BCUT2D eigenvalue weighted by Crippen LogP contribution is 2.39. The summed E-state index contributed by atoms with van der Waals surface area (Å²) < 4.78 is 6.56. The number of carbonyl (C=O) groups is 2. The van der Waals surface area contributed by atoms with Crippen LogP contribution in [0.25, 0.3) is 10.9 Å². The van der Waals surface area contributed by atoms with Crippen LogP contribution in [0.3, 0.4) is 0 Å². The third-order valence-corrected chi connectivity index (χ3v) is 7.35. The molecule has 162 valence electrons. The summed E-state index contributed by atoms with van der Waals surface area (Å²) in [5, 5.41) is 4.50. The maximum atomic E-state index is 12.9. The summed E-state index contributed by atoms with van der Waals surface area (Å²) in [6.45, 7) is 2.53. The summed E-state index contributed by atoms with van der Waals surface area (Å²) in [6, 6.07) is 7.22. The number of anilines is 1. The number of nitrogens with one attached hydrogen (secondary N) is 1. The fraction of sp³-hybridized carbons (Fsp3) is 0.364. The minimum atomic E-state index is -0.421. The Morgan fingerprint density at radius 2 is 2.10 bits per heavy atom. The summed E-state index contributed by atoms with van der Waals surface area (Å²) in [5.41, 5.74) is 1.99. The fourth-order valence-electron chi connectivity index (χ4n) is 3.78. The van der Waals surface area contributed by atoms with Gasteiger partial charge in [0.25, 0.3) is 5.56 Å². The van der Waals surface area contributed by atoms with Gasteiger partial charge in [-0.05, 0) is 43.4 Å². The molecule has 1 aliphatic rings. The molecular weight excluding hydrogens is 434 g/mol. The van der Waals surface area contributed by atoms with Gasteiger partial charge in [-0.2, -0.15) is 0 Å². The Bertz CT molecular complexity index is 1220. The van der Waals surface area contributed by atoms with E-state index < -0.39 is 5.97 Å². The van der Waals surface area contributed by atoms with E-state index in [1.54, 1.807) is 16.7 Å². The summed E-state index contributed by atoms with van der Waals surface area (Å²) in [4.78, 5) is 43.6. The van der Waals surface area contributed by atoms with E-state index in [1.165, 1.54) is 30.2 Å². The van der Waals surface area contributed by atoms with Gasteiger partial charge in [0.2, 0.25) is 5.91 Å². The summed E-state index contributed by atoms with van der Waals surface area (Å²) in [5.74, 6) is -0.589. The number of methoxy groups -OCH3 is 1. The molecule has 1 N–H and O–H groups in total. The Morgan fingerprint density at radius 1 is 1.29 bits per heavy atom. The first-order chi connectivity index (χ1) is 15.0. The predicted octanol–water partition coefficient (Wildman–Crippen LogP) is 3.87. The zero-order valence-electron chi connectivity index (χ0n) is 17.4. The molecule has 0 fully saturated rings. The molecule has 0 bridgehead atoms. The lowest BCUT2D eigenvalue weighted by Gasteiger charge is -2.12. The molecule has 7 nitrogen and oxygen atoms in total. The topological polar surface area (TPSA) is 90.3 Å². The van der Waals surface area contributed by atoms with E-state index in [0.717, 1.165) is 36.1 Å². The smallest absolute Gasteiger partial charge is 0.341 e. The average molecular weight is 458 g/mol. The van der Waals surface area contributed by atoms with Crippen LogP contribution in [0.5, 0.6) is 0 Å². The van der Waals surface area contributed by atoms with Gasteiger partial charge in [0.15, 0.2) is 5.16 Å². The van der Waals surface area contributed by atoms with Crippen molar-refractivity contribution in [1.82, 2.24) is 9.55 Å². The van der Waals surface area contributed by atoms with Gasteiger partial charge in [-0.25, -0.2) is 9.78 Å². The van der Waals surface area contributed by atoms with E-state index >= 15 is 0 Å². The van der Waals surface area contributed by atoms with Gasteiger partial charge >= 0.3 is 5.97 Å². The van der Waals surface area contributed by atoms with Crippen LogP contribution in [-0.4, -0.2) is 34.3 Å². The number of nitrogens with zero attached hydrogens (tertiary/aromatic N) is 2. The maximum absolute atomic E-state index is 12.9. The van der Waals surface area contributed by atoms with Crippen LogP contribution >= 0.6 is 23.1 Å². The standard InChI is InChI=1S/C22H23N3O4S2/c1-3-11-25-20(27)13-7-4-5-9-15(13)23-22(25)30-12-17(26)24-19-18(21(28)29-2)14-8-6-10-16(14)31-19/h4-5,7,9H,3,6,8,10-12H2,1-2H3,(H,24,26). The van der Waals surface area contributed by atoms with Crippen LogP contribution in [0.4, 0.5) is 5.00 Å². The van der Waals surface area contributed by atoms with Crippen LogP contribution < -0.4 is 10.9 Å². The van der Waals surface area contributed by atoms with Crippen LogP contribution in [0, 0.1) is 0 Å². The molecule has 4 rings (SSSR count). The van der Waals surface area contributed by atoms with Crippen molar-refractivity contribution in [2.45, 2.75) is 44.3 Å². The zero-order valence-corrected chi connectivity index (χ0v) is 19.0. The molecular formula is C22H23N3O4S2. The van der Waals surface area contributed by atoms with Crippen molar-refractivity contribution in [1.29, 1.82) is 0 Å². The minimum Gasteiger partial charge on any atom is -0.465 e. The number of amides is 1. The van der Waals surface area contributed by atoms with Crippen molar-refractivity contribution >= 4 is 50.9 Å². The first kappa shape index (κ1) is 21.6. The number of aromatic nitrogens is 2. The number of rotatable bonds is 7. The van der Waals surface area contributed by atoms with Crippen LogP contribution in [0.1, 0.15) is 40.6 Å². The van der Waals surface area contributed by atoms with E-state index in [1.807, 2.05) is 19.1 Å². The number of ether oxygens (including phenoxy) is 1. The molecule has 0 unspecified atom stereocenters. The number of benzene rings is 1. The summed E-state index contributed by atoms with van der Waals surface area (Å²) in [6.07, 6.45) is 3.53. The van der Waals surface area contributed by atoms with E-state index in [4.69, 9.17) is 4.74 Å². The van der Waals surface area contributed by atoms with Gasteiger partial charge in [0.05, 0.1) is 29.3 Å². The number of hydrogen-bond acceptors (Lipinski definition) is 7. The number of thiophene rings is 1. The van der Waals surface area contributed by atoms with Crippen molar-refractivity contribution in [3.8, 4) is 0 Å². The van der Waals surface area contributed by atoms with Gasteiger partial charge in [0.1, 0.15) is 5.00 Å². The Morgan fingerprint density at radius 3 is 2.87 bits per heavy atom. The molecule has 0 radical (unpaired) electrons. The number of thioether (sulfide) groups is 1. The summed E-state index contributed by atoms with van der Waals surface area (Å²) in [7, 11) is 1.35. The molecule has 31 heavy (non-hydrogen) atoms. The van der Waals surface area contributed by atoms with Gasteiger partial charge in [-0.15, -0.1) is 11.3 Å². The molecule has 2 aromatic heterocycles. The second kappa shape index (κ2) is 9.23. The fourth-order valence-corrected chi connectivity index (χ4v) is 5.90. The largest absolute Gasteiger partial charge is 0.465 e. The predicted molar refractivity (Wildman–Crippen MR) is 123 cm³/mol. The SMILES string of the molecule is CCCn1c(SCC(=O)Nc2sc3c(c2C(=O)OC)CCC3)nc2ccccc2c1=O. The van der Waals surface area contributed by atoms with Crippen LogP contribution in [0.2, 0.25) is 0 Å². The van der Waals surface area contributed by atoms with Gasteiger partial charge in [-0.3, -0.25) is 14.2 Å². The monoisotopic (exact) mass is 457 g/mol. The minimum absolute atomic E-state index is 0.0810. The molecule has 3 aromatic rings. The Labute approximate surface area is 187 Å². The summed E-state index contributed by atoms with van der Waals surface area (Å²) >= 11 is 2.67. The van der Waals surface area contributed by atoms with E-state index in [-0.39, 0.29) is 17.2 Å². The first-order valence-corrected chi connectivity index (χ1v) is 12.0. The average Bonchev–Trinajstić information content (AvgIpc) is 3.35. The third-order valence-electron chi connectivity index (χ3n) is 5.17. The van der Waals surface area contributed by atoms with Gasteiger partial charge in [0, 0.05) is 11.4 Å². The third kappa shape index (κ3) is 4.24. The van der Waals surface area contributed by atoms with Crippen molar-refractivity contribution in [3.05, 3.63) is 50.6 Å². The van der Waals surface area contributed by atoms with Crippen molar-refractivity contribution < 1.29 is 14.3 Å². The molecule has 0 spiro atoms.